The SMILES string of the molecule is CCC1CSC(CC(C)(C)Cc2cccc(C(F)(F)F)c2)N(C(=S)Nc2cccc(C(F)(F)F)c2)C1. The third kappa shape index (κ3) is 7.78. The highest BCUT2D eigenvalue weighted by Gasteiger charge is 2.36. The van der Waals surface area contributed by atoms with Crippen LogP contribution in [-0.4, -0.2) is 27.7 Å². The maximum absolute atomic E-state index is 13.2. The number of thiocarbonyl (C=S) groups is 1. The Morgan fingerprint density at radius 2 is 1.61 bits per heavy atom. The Kier molecular flexibility index (Phi) is 8.91. The van der Waals surface area contributed by atoms with Crippen LogP contribution in [0, 0.1) is 11.3 Å². The molecule has 2 atom stereocenters. The molecule has 1 fully saturated rings. The van der Waals surface area contributed by atoms with Crippen LogP contribution in [-0.2, 0) is 18.8 Å². The molecule has 10 heteroatoms. The molecule has 2 nitrogen and oxygen atoms in total. The molecule has 36 heavy (non-hydrogen) atoms. The smallest absolute Gasteiger partial charge is 0.337 e. The molecule has 1 heterocycles. The minimum atomic E-state index is -4.45. The summed E-state index contributed by atoms with van der Waals surface area (Å²) in [6, 6.07) is 10.3. The van der Waals surface area contributed by atoms with Crippen molar-refractivity contribution in [3.63, 3.8) is 0 Å². The van der Waals surface area contributed by atoms with Gasteiger partial charge in [0.25, 0.3) is 0 Å². The molecular formula is C26H30F6N2S2. The summed E-state index contributed by atoms with van der Waals surface area (Å²) < 4.78 is 78.9. The average Bonchev–Trinajstić information content (AvgIpc) is 2.78. The number of halogens is 6. The first-order valence-electron chi connectivity index (χ1n) is 11.7. The number of nitrogens with one attached hydrogen (secondary N) is 1. The molecule has 0 bridgehead atoms. The van der Waals surface area contributed by atoms with Gasteiger partial charge in [0.15, 0.2) is 5.11 Å². The molecule has 0 saturated carbocycles. The van der Waals surface area contributed by atoms with Crippen LogP contribution in [0.25, 0.3) is 0 Å². The van der Waals surface area contributed by atoms with Gasteiger partial charge in [-0.3, -0.25) is 0 Å². The second-order valence-corrected chi connectivity index (χ2v) is 11.6. The number of alkyl halides is 6. The molecule has 0 amide bonds. The highest BCUT2D eigenvalue weighted by atomic mass is 32.2. The van der Waals surface area contributed by atoms with E-state index in [9.17, 15) is 26.3 Å². The van der Waals surface area contributed by atoms with Crippen LogP contribution in [0.1, 0.15) is 50.3 Å². The lowest BCUT2D eigenvalue weighted by Gasteiger charge is -2.43. The van der Waals surface area contributed by atoms with Gasteiger partial charge >= 0.3 is 12.4 Å². The third-order valence-electron chi connectivity index (χ3n) is 6.27. The van der Waals surface area contributed by atoms with Gasteiger partial charge in [-0.25, -0.2) is 0 Å². The third-order valence-corrected chi connectivity index (χ3v) is 8.08. The molecule has 2 aromatic rings. The minimum absolute atomic E-state index is 0.0561. The molecule has 3 rings (SSSR count). The number of rotatable bonds is 6. The number of hydrogen-bond donors (Lipinski definition) is 1. The molecule has 2 unspecified atom stereocenters. The Morgan fingerprint density at radius 3 is 2.22 bits per heavy atom. The van der Waals surface area contributed by atoms with Crippen molar-refractivity contribution in [3.8, 4) is 0 Å². The molecule has 0 spiro atoms. The van der Waals surface area contributed by atoms with Gasteiger partial charge in [-0.2, -0.15) is 26.3 Å². The Bertz CT molecular complexity index is 1050. The van der Waals surface area contributed by atoms with Gasteiger partial charge in [-0.1, -0.05) is 51.5 Å². The monoisotopic (exact) mass is 548 g/mol. The van der Waals surface area contributed by atoms with Crippen LogP contribution in [0.4, 0.5) is 32.0 Å². The average molecular weight is 549 g/mol. The number of thioether (sulfide) groups is 1. The zero-order valence-corrected chi connectivity index (χ0v) is 22.0. The van der Waals surface area contributed by atoms with Crippen molar-refractivity contribution in [2.75, 3.05) is 17.6 Å². The molecular weight excluding hydrogens is 518 g/mol. The van der Waals surface area contributed by atoms with Gasteiger partial charge in [0, 0.05) is 12.2 Å². The lowest BCUT2D eigenvalue weighted by atomic mass is 9.82. The van der Waals surface area contributed by atoms with Crippen LogP contribution in [0.5, 0.6) is 0 Å². The topological polar surface area (TPSA) is 15.3 Å². The molecule has 0 aliphatic carbocycles. The van der Waals surface area contributed by atoms with E-state index in [1.54, 1.807) is 23.9 Å². The van der Waals surface area contributed by atoms with Crippen molar-refractivity contribution in [3.05, 3.63) is 65.2 Å². The first-order chi connectivity index (χ1) is 16.7. The van der Waals surface area contributed by atoms with Crippen molar-refractivity contribution in [2.24, 2.45) is 11.3 Å². The molecule has 198 valence electrons. The number of anilines is 1. The van der Waals surface area contributed by atoms with E-state index in [-0.39, 0.29) is 16.5 Å². The summed E-state index contributed by atoms with van der Waals surface area (Å²) in [5.74, 6) is 1.29. The van der Waals surface area contributed by atoms with E-state index in [2.05, 4.69) is 12.2 Å². The zero-order valence-electron chi connectivity index (χ0n) is 20.3. The van der Waals surface area contributed by atoms with Gasteiger partial charge in [0.05, 0.1) is 16.5 Å². The number of nitrogens with zero attached hydrogens (tertiary/aromatic N) is 1. The molecule has 0 radical (unpaired) electrons. The van der Waals surface area contributed by atoms with E-state index in [0.717, 1.165) is 30.4 Å². The molecule has 0 aromatic heterocycles. The Balaban J connectivity index is 1.76. The van der Waals surface area contributed by atoms with Crippen LogP contribution in [0.15, 0.2) is 48.5 Å². The summed E-state index contributed by atoms with van der Waals surface area (Å²) in [4.78, 5) is 2.02. The molecule has 1 saturated heterocycles. The summed E-state index contributed by atoms with van der Waals surface area (Å²) in [5.41, 5.74) is -0.890. The highest BCUT2D eigenvalue weighted by Crippen LogP contribution is 2.39. The maximum atomic E-state index is 13.2. The van der Waals surface area contributed by atoms with Crippen molar-refractivity contribution >= 4 is 34.8 Å². The predicted octanol–water partition coefficient (Wildman–Crippen LogP) is 8.48. The molecule has 1 aliphatic rings. The first kappa shape index (κ1) is 28.6. The Hall–Kier alpha value is -1.94. The summed E-state index contributed by atoms with van der Waals surface area (Å²) in [6.45, 7) is 6.78. The summed E-state index contributed by atoms with van der Waals surface area (Å²) in [7, 11) is 0. The molecule has 1 aliphatic heterocycles. The van der Waals surface area contributed by atoms with Gasteiger partial charge in [0.1, 0.15) is 0 Å². The van der Waals surface area contributed by atoms with E-state index in [0.29, 0.717) is 36.0 Å². The van der Waals surface area contributed by atoms with Crippen LogP contribution >= 0.6 is 24.0 Å². The lowest BCUT2D eigenvalue weighted by Crippen LogP contribution is -2.49. The fourth-order valence-electron chi connectivity index (χ4n) is 4.34. The van der Waals surface area contributed by atoms with Gasteiger partial charge in [-0.05, 0) is 72.0 Å². The molecule has 1 N–H and O–H groups in total. The summed E-state index contributed by atoms with van der Waals surface area (Å²) >= 11 is 7.38. The minimum Gasteiger partial charge on any atom is -0.337 e. The van der Waals surface area contributed by atoms with Gasteiger partial charge in [0.2, 0.25) is 0 Å². The van der Waals surface area contributed by atoms with Crippen molar-refractivity contribution in [1.82, 2.24) is 4.90 Å². The maximum Gasteiger partial charge on any atom is 0.416 e. The van der Waals surface area contributed by atoms with Crippen molar-refractivity contribution < 1.29 is 26.3 Å². The van der Waals surface area contributed by atoms with Crippen molar-refractivity contribution in [2.45, 2.75) is 57.8 Å². The fraction of sp³-hybridized carbons (Fsp3) is 0.500. The Labute approximate surface area is 217 Å². The van der Waals surface area contributed by atoms with E-state index >= 15 is 0 Å². The second-order valence-electron chi connectivity index (χ2n) is 9.97. The van der Waals surface area contributed by atoms with Gasteiger partial charge < -0.3 is 10.2 Å². The second kappa shape index (κ2) is 11.2. The zero-order chi connectivity index (χ0) is 26.7. The number of hydrogen-bond acceptors (Lipinski definition) is 2. The quantitative estimate of drug-likeness (QED) is 0.288. The highest BCUT2D eigenvalue weighted by molar-refractivity contribution is 8.00. The normalized spacial score (nSPS) is 19.3. The Morgan fingerprint density at radius 1 is 1.00 bits per heavy atom. The fourth-order valence-corrected chi connectivity index (χ4v) is 6.50. The van der Waals surface area contributed by atoms with E-state index < -0.39 is 23.5 Å². The lowest BCUT2D eigenvalue weighted by molar-refractivity contribution is -0.138. The van der Waals surface area contributed by atoms with Gasteiger partial charge in [-0.15, -0.1) is 11.8 Å². The summed E-state index contributed by atoms with van der Waals surface area (Å²) in [6.07, 6.45) is -6.81. The predicted molar refractivity (Wildman–Crippen MR) is 138 cm³/mol. The largest absolute Gasteiger partial charge is 0.416 e. The van der Waals surface area contributed by atoms with Crippen LogP contribution in [0.3, 0.4) is 0 Å². The van der Waals surface area contributed by atoms with E-state index in [4.69, 9.17) is 12.2 Å². The first-order valence-corrected chi connectivity index (χ1v) is 13.2. The summed E-state index contributed by atoms with van der Waals surface area (Å²) in [5, 5.41) is 3.27. The molecule has 2 aromatic carbocycles. The number of benzene rings is 2. The standard InChI is InChI=1S/C26H30F6N2S2/c1-4-17-15-34(23(35)33-21-10-6-9-20(12-21)26(30,31)32)22(36-16-17)14-24(2,3)13-18-7-5-8-19(11-18)25(27,28)29/h5-12,17,22H,4,13-16H2,1-3H3,(H,33,35). The van der Waals surface area contributed by atoms with Crippen LogP contribution in [0.2, 0.25) is 0 Å². The van der Waals surface area contributed by atoms with E-state index in [1.807, 2.05) is 18.7 Å². The van der Waals surface area contributed by atoms with Crippen LogP contribution < -0.4 is 5.32 Å². The van der Waals surface area contributed by atoms with E-state index in [1.165, 1.54) is 18.2 Å². The van der Waals surface area contributed by atoms with Crippen molar-refractivity contribution in [1.29, 1.82) is 0 Å².